The number of halogens is 1. The van der Waals surface area contributed by atoms with Crippen molar-refractivity contribution < 1.29 is 23.4 Å². The lowest BCUT2D eigenvalue weighted by Gasteiger charge is -2.46. The fourth-order valence-corrected chi connectivity index (χ4v) is 4.54. The number of hydrogen-bond acceptors (Lipinski definition) is 9. The first-order valence-corrected chi connectivity index (χ1v) is 11.8. The van der Waals surface area contributed by atoms with E-state index in [-0.39, 0.29) is 35.8 Å². The van der Waals surface area contributed by atoms with E-state index in [1.165, 1.54) is 29.7 Å². The lowest BCUT2D eigenvalue weighted by atomic mass is 9.84. The van der Waals surface area contributed by atoms with Crippen LogP contribution in [-0.4, -0.2) is 74.2 Å². The van der Waals surface area contributed by atoms with Gasteiger partial charge in [-0.1, -0.05) is 0 Å². The highest BCUT2D eigenvalue weighted by Crippen LogP contribution is 2.34. The third-order valence-electron chi connectivity index (χ3n) is 6.27. The smallest absolute Gasteiger partial charge is 0.410 e. The van der Waals surface area contributed by atoms with Crippen LogP contribution in [0.1, 0.15) is 19.4 Å². The Kier molecular flexibility index (Phi) is 6.68. The minimum absolute atomic E-state index is 0.0234. The molecule has 190 valence electrons. The Bertz CT molecular complexity index is 1210. The number of likely N-dealkylation sites (tertiary alicyclic amines) is 1. The second-order valence-corrected chi connectivity index (χ2v) is 9.26. The van der Waals surface area contributed by atoms with Crippen LogP contribution in [0.5, 0.6) is 5.88 Å². The van der Waals surface area contributed by atoms with Crippen molar-refractivity contribution in [1.82, 2.24) is 29.6 Å². The van der Waals surface area contributed by atoms with Gasteiger partial charge < -0.3 is 24.4 Å². The van der Waals surface area contributed by atoms with Crippen LogP contribution < -0.4 is 10.1 Å². The summed E-state index contributed by atoms with van der Waals surface area (Å²) in [6.07, 6.45) is 3.59. The number of fused-ring (bicyclic) bond motifs is 2. The van der Waals surface area contributed by atoms with E-state index in [1.807, 2.05) is 20.8 Å². The maximum atomic E-state index is 14.8. The Morgan fingerprint density at radius 3 is 2.64 bits per heavy atom. The van der Waals surface area contributed by atoms with E-state index in [0.717, 1.165) is 0 Å². The Morgan fingerprint density at radius 2 is 1.97 bits per heavy atom. The molecule has 2 bridgehead atoms. The van der Waals surface area contributed by atoms with Gasteiger partial charge in [0.05, 0.1) is 36.3 Å². The number of rotatable bonds is 6. The number of carbonyl (C=O) groups is 1. The SMILES string of the molecule is Cc1c(Nc2ccc(-n3cncn3)cc2F)ncnc1OC1C2COCC1CN(C(=O)OC(C)C)C2. The van der Waals surface area contributed by atoms with Gasteiger partial charge in [0.25, 0.3) is 0 Å². The predicted octanol–water partition coefficient (Wildman–Crippen LogP) is 3.12. The molecule has 2 aromatic heterocycles. The molecule has 2 aliphatic rings. The summed E-state index contributed by atoms with van der Waals surface area (Å²) in [6.45, 7) is 7.39. The summed E-state index contributed by atoms with van der Waals surface area (Å²) in [4.78, 5) is 26.7. The maximum Gasteiger partial charge on any atom is 0.410 e. The molecule has 12 heteroatoms. The monoisotopic (exact) mass is 497 g/mol. The van der Waals surface area contributed by atoms with Gasteiger partial charge in [0.15, 0.2) is 0 Å². The van der Waals surface area contributed by atoms with Gasteiger partial charge >= 0.3 is 6.09 Å². The van der Waals surface area contributed by atoms with Gasteiger partial charge in [-0.15, -0.1) is 0 Å². The summed E-state index contributed by atoms with van der Waals surface area (Å²) in [7, 11) is 0. The predicted molar refractivity (Wildman–Crippen MR) is 127 cm³/mol. The molecule has 0 saturated carbocycles. The molecule has 1 aromatic carbocycles. The summed E-state index contributed by atoms with van der Waals surface area (Å²) in [6, 6.07) is 4.71. The van der Waals surface area contributed by atoms with Crippen LogP contribution >= 0.6 is 0 Å². The van der Waals surface area contributed by atoms with E-state index in [9.17, 15) is 9.18 Å². The molecule has 0 radical (unpaired) electrons. The van der Waals surface area contributed by atoms with Crippen molar-refractivity contribution in [3.05, 3.63) is 48.6 Å². The summed E-state index contributed by atoms with van der Waals surface area (Å²) in [5, 5.41) is 7.05. The first-order chi connectivity index (χ1) is 17.4. The number of anilines is 2. The summed E-state index contributed by atoms with van der Waals surface area (Å²) in [5.74, 6) is 0.337. The molecular formula is C24H28FN7O4. The van der Waals surface area contributed by atoms with E-state index in [0.29, 0.717) is 49.3 Å². The molecule has 1 N–H and O–H groups in total. The zero-order valence-electron chi connectivity index (χ0n) is 20.3. The Hall–Kier alpha value is -3.80. The van der Waals surface area contributed by atoms with Gasteiger partial charge in [-0.05, 0) is 32.9 Å². The standard InChI is InChI=1S/C24H28FN7O4/c1-14(2)35-24(33)31-7-16-9-34-10-17(8-31)21(16)36-23-15(3)22(27-12-28-23)30-20-5-4-18(6-19(20)25)32-13-26-11-29-32/h4-6,11-14,16-17,21H,7-10H2,1-3H3,(H,27,28,30). The van der Waals surface area contributed by atoms with Crippen LogP contribution in [0.4, 0.5) is 20.7 Å². The first kappa shape index (κ1) is 23.9. The summed E-state index contributed by atoms with van der Waals surface area (Å²) < 4.78 is 33.8. The molecule has 2 atom stereocenters. The first-order valence-electron chi connectivity index (χ1n) is 11.8. The van der Waals surface area contributed by atoms with E-state index in [4.69, 9.17) is 14.2 Å². The minimum Gasteiger partial charge on any atom is -0.473 e. The number of ether oxygens (including phenoxy) is 3. The molecule has 0 spiro atoms. The quantitative estimate of drug-likeness (QED) is 0.548. The Morgan fingerprint density at radius 1 is 1.19 bits per heavy atom. The Labute approximate surface area is 207 Å². The topological polar surface area (TPSA) is 117 Å². The van der Waals surface area contributed by atoms with E-state index in [1.54, 1.807) is 17.0 Å². The molecule has 5 rings (SSSR count). The largest absolute Gasteiger partial charge is 0.473 e. The van der Waals surface area contributed by atoms with E-state index in [2.05, 4.69) is 25.4 Å². The van der Waals surface area contributed by atoms with E-state index >= 15 is 0 Å². The van der Waals surface area contributed by atoms with Crippen LogP contribution in [0.15, 0.2) is 37.2 Å². The fraction of sp³-hybridized carbons (Fsp3) is 0.458. The van der Waals surface area contributed by atoms with Crippen molar-refractivity contribution in [2.45, 2.75) is 33.0 Å². The van der Waals surface area contributed by atoms with E-state index < -0.39 is 5.82 Å². The summed E-state index contributed by atoms with van der Waals surface area (Å²) >= 11 is 0. The second kappa shape index (κ2) is 10.1. The Balaban J connectivity index is 1.30. The number of nitrogens with one attached hydrogen (secondary N) is 1. The lowest BCUT2D eigenvalue weighted by Crippen LogP contribution is -2.58. The molecule has 2 saturated heterocycles. The normalized spacial score (nSPS) is 21.4. The van der Waals surface area contributed by atoms with Crippen LogP contribution in [0.3, 0.4) is 0 Å². The number of benzene rings is 1. The molecule has 3 aromatic rings. The lowest BCUT2D eigenvalue weighted by molar-refractivity contribution is -0.111. The third-order valence-corrected chi connectivity index (χ3v) is 6.27. The molecule has 0 aliphatic carbocycles. The van der Waals surface area contributed by atoms with Crippen LogP contribution in [0, 0.1) is 24.6 Å². The third kappa shape index (κ3) is 4.94. The molecule has 2 aliphatic heterocycles. The number of aromatic nitrogens is 5. The molecule has 36 heavy (non-hydrogen) atoms. The maximum absolute atomic E-state index is 14.8. The average Bonchev–Trinajstić information content (AvgIpc) is 3.37. The number of amides is 1. The molecule has 4 heterocycles. The van der Waals surface area contributed by atoms with Crippen molar-refractivity contribution >= 4 is 17.6 Å². The van der Waals surface area contributed by atoms with Crippen LogP contribution in [0.25, 0.3) is 5.69 Å². The summed E-state index contributed by atoms with van der Waals surface area (Å²) in [5.41, 5.74) is 1.46. The molecule has 2 fully saturated rings. The molecule has 11 nitrogen and oxygen atoms in total. The van der Waals surface area contributed by atoms with Crippen molar-refractivity contribution in [2.75, 3.05) is 31.6 Å². The zero-order chi connectivity index (χ0) is 25.2. The number of nitrogens with zero attached hydrogens (tertiary/aromatic N) is 6. The highest BCUT2D eigenvalue weighted by atomic mass is 19.1. The molecule has 2 unspecified atom stereocenters. The highest BCUT2D eigenvalue weighted by Gasteiger charge is 2.44. The second-order valence-electron chi connectivity index (χ2n) is 9.26. The van der Waals surface area contributed by atoms with Crippen molar-refractivity contribution in [2.24, 2.45) is 11.8 Å². The highest BCUT2D eigenvalue weighted by molar-refractivity contribution is 5.68. The van der Waals surface area contributed by atoms with Gasteiger partial charge in [0.2, 0.25) is 5.88 Å². The van der Waals surface area contributed by atoms with Crippen molar-refractivity contribution in [3.8, 4) is 11.6 Å². The minimum atomic E-state index is -0.462. The van der Waals surface area contributed by atoms with Crippen LogP contribution in [0.2, 0.25) is 0 Å². The molecular weight excluding hydrogens is 469 g/mol. The van der Waals surface area contributed by atoms with Gasteiger partial charge in [-0.2, -0.15) is 5.10 Å². The van der Waals surface area contributed by atoms with Gasteiger partial charge in [0.1, 0.15) is 36.7 Å². The fourth-order valence-electron chi connectivity index (χ4n) is 4.54. The number of hydrogen-bond donors (Lipinski definition) is 1. The van der Waals surface area contributed by atoms with Crippen molar-refractivity contribution in [1.29, 1.82) is 0 Å². The number of piperidine rings is 1. The van der Waals surface area contributed by atoms with Crippen LogP contribution in [-0.2, 0) is 9.47 Å². The van der Waals surface area contributed by atoms with Gasteiger partial charge in [-0.3, -0.25) is 0 Å². The zero-order valence-corrected chi connectivity index (χ0v) is 20.3. The molecule has 1 amide bonds. The van der Waals surface area contributed by atoms with Crippen molar-refractivity contribution in [3.63, 3.8) is 0 Å². The number of carbonyl (C=O) groups excluding carboxylic acids is 1. The average molecular weight is 498 g/mol. The van der Waals surface area contributed by atoms with Gasteiger partial charge in [0, 0.05) is 31.0 Å². The van der Waals surface area contributed by atoms with Gasteiger partial charge in [-0.25, -0.2) is 28.8 Å².